The number of nitrogens with zero attached hydrogens (tertiary/aromatic N) is 5. The summed E-state index contributed by atoms with van der Waals surface area (Å²) in [5.41, 5.74) is 2.53. The Labute approximate surface area is 207 Å². The third-order valence-corrected chi connectivity index (χ3v) is 7.03. The number of anilines is 3. The molecule has 3 aromatic heterocycles. The van der Waals surface area contributed by atoms with Crippen LogP contribution in [0.3, 0.4) is 0 Å². The quantitative estimate of drug-likeness (QED) is 0.295. The van der Waals surface area contributed by atoms with Crippen molar-refractivity contribution in [1.29, 1.82) is 0 Å². The van der Waals surface area contributed by atoms with Crippen molar-refractivity contribution in [3.05, 3.63) is 54.4 Å². The van der Waals surface area contributed by atoms with E-state index < -0.39 is 0 Å². The first-order valence-corrected chi connectivity index (χ1v) is 12.4. The van der Waals surface area contributed by atoms with Crippen LogP contribution in [0.2, 0.25) is 0 Å². The maximum absolute atomic E-state index is 12.7. The Morgan fingerprint density at radius 3 is 2.89 bits per heavy atom. The van der Waals surface area contributed by atoms with E-state index in [4.69, 9.17) is 4.98 Å². The summed E-state index contributed by atoms with van der Waals surface area (Å²) >= 11 is 1.43. The Bertz CT molecular complexity index is 1320. The highest BCUT2D eigenvalue weighted by Crippen LogP contribution is 2.29. The zero-order valence-electron chi connectivity index (χ0n) is 19.6. The van der Waals surface area contributed by atoms with E-state index in [0.717, 1.165) is 41.2 Å². The second-order valence-electron chi connectivity index (χ2n) is 8.65. The lowest BCUT2D eigenvalue weighted by Gasteiger charge is -2.28. The summed E-state index contributed by atoms with van der Waals surface area (Å²) in [6.07, 6.45) is 3.81. The molecule has 4 aromatic rings. The normalized spacial score (nSPS) is 17.1. The molecule has 1 amide bonds. The molecule has 0 radical (unpaired) electrons. The van der Waals surface area contributed by atoms with Crippen LogP contribution in [-0.2, 0) is 4.79 Å². The summed E-state index contributed by atoms with van der Waals surface area (Å²) in [6.45, 7) is 4.74. The molecule has 4 heterocycles. The van der Waals surface area contributed by atoms with Crippen LogP contribution in [0, 0.1) is 6.92 Å². The maximum atomic E-state index is 12.7. The van der Waals surface area contributed by atoms with Crippen molar-refractivity contribution in [2.75, 3.05) is 23.8 Å². The number of fused-ring (bicyclic) bond motifs is 1. The van der Waals surface area contributed by atoms with E-state index in [0.29, 0.717) is 16.8 Å². The summed E-state index contributed by atoms with van der Waals surface area (Å²) in [6, 6.07) is 13.2. The Kier molecular flexibility index (Phi) is 6.71. The fourth-order valence-electron chi connectivity index (χ4n) is 4.33. The van der Waals surface area contributed by atoms with Crippen molar-refractivity contribution in [2.45, 2.75) is 48.8 Å². The van der Waals surface area contributed by atoms with Gasteiger partial charge in [-0.25, -0.2) is 9.50 Å². The molecule has 1 aliphatic rings. The predicted octanol–water partition coefficient (Wildman–Crippen LogP) is 3.44. The fourth-order valence-corrected chi connectivity index (χ4v) is 5.07. The number of hydrogen-bond acceptors (Lipinski definition) is 8. The molecule has 0 unspecified atom stereocenters. The van der Waals surface area contributed by atoms with Gasteiger partial charge in [0.05, 0.1) is 12.6 Å². The number of H-pyrrole nitrogens is 1. The fraction of sp³-hybridized carbons (Fsp3) is 0.333. The Balaban J connectivity index is 1.27. The van der Waals surface area contributed by atoms with Crippen molar-refractivity contribution in [3.8, 4) is 0 Å². The SMILES string of the molecule is Cc1cc(Nc2nc(Sc3ccc(NC(=O)[C@H](C)N4CCC[C@@H]4CO)cc3)nn3cccc23)n[nH]1. The minimum Gasteiger partial charge on any atom is -0.395 e. The highest BCUT2D eigenvalue weighted by Gasteiger charge is 2.31. The number of carbonyl (C=O) groups excluding carboxylic acids is 1. The van der Waals surface area contributed by atoms with Crippen LogP contribution in [0.15, 0.2) is 58.7 Å². The molecule has 2 atom stereocenters. The van der Waals surface area contributed by atoms with Crippen molar-refractivity contribution in [3.63, 3.8) is 0 Å². The second-order valence-corrected chi connectivity index (χ2v) is 9.69. The summed E-state index contributed by atoms with van der Waals surface area (Å²) in [7, 11) is 0. The first-order valence-electron chi connectivity index (χ1n) is 11.6. The number of benzene rings is 1. The molecule has 0 aliphatic carbocycles. The van der Waals surface area contributed by atoms with Crippen LogP contribution >= 0.6 is 11.8 Å². The van der Waals surface area contributed by atoms with Gasteiger partial charge in [-0.2, -0.15) is 5.10 Å². The van der Waals surface area contributed by atoms with Gasteiger partial charge in [0, 0.05) is 34.6 Å². The molecule has 1 aliphatic heterocycles. The smallest absolute Gasteiger partial charge is 0.241 e. The molecule has 182 valence electrons. The first kappa shape index (κ1) is 23.3. The average Bonchev–Trinajstić information content (AvgIpc) is 3.60. The van der Waals surface area contributed by atoms with Crippen LogP contribution in [0.25, 0.3) is 5.52 Å². The van der Waals surface area contributed by atoms with Crippen molar-refractivity contribution in [1.82, 2.24) is 29.7 Å². The lowest BCUT2D eigenvalue weighted by molar-refractivity contribution is -0.121. The van der Waals surface area contributed by atoms with Gasteiger partial charge in [-0.1, -0.05) is 0 Å². The Hall–Kier alpha value is -3.41. The number of rotatable bonds is 8. The second kappa shape index (κ2) is 10.1. The molecule has 1 aromatic carbocycles. The summed E-state index contributed by atoms with van der Waals surface area (Å²) < 4.78 is 1.78. The zero-order chi connectivity index (χ0) is 24.4. The van der Waals surface area contributed by atoms with Crippen molar-refractivity contribution < 1.29 is 9.90 Å². The lowest BCUT2D eigenvalue weighted by atomic mass is 10.2. The average molecular weight is 493 g/mol. The van der Waals surface area contributed by atoms with Gasteiger partial charge in [-0.05, 0) is 81.4 Å². The summed E-state index contributed by atoms with van der Waals surface area (Å²) in [5.74, 6) is 1.28. The number of likely N-dealkylation sites (tertiary alicyclic amines) is 1. The number of aliphatic hydroxyl groups excluding tert-OH is 1. The molecule has 0 bridgehead atoms. The molecular weight excluding hydrogens is 464 g/mol. The molecule has 35 heavy (non-hydrogen) atoms. The molecule has 10 nitrogen and oxygen atoms in total. The first-order chi connectivity index (χ1) is 17.0. The molecule has 0 spiro atoms. The summed E-state index contributed by atoms with van der Waals surface area (Å²) in [4.78, 5) is 20.5. The van der Waals surface area contributed by atoms with Crippen LogP contribution < -0.4 is 10.6 Å². The highest BCUT2D eigenvalue weighted by molar-refractivity contribution is 7.99. The lowest BCUT2D eigenvalue weighted by Crippen LogP contribution is -2.45. The van der Waals surface area contributed by atoms with E-state index >= 15 is 0 Å². The highest BCUT2D eigenvalue weighted by atomic mass is 32.2. The van der Waals surface area contributed by atoms with Crippen LogP contribution in [0.1, 0.15) is 25.5 Å². The van der Waals surface area contributed by atoms with E-state index in [2.05, 4.69) is 30.8 Å². The van der Waals surface area contributed by atoms with Crippen molar-refractivity contribution >= 4 is 40.5 Å². The van der Waals surface area contributed by atoms with Crippen molar-refractivity contribution in [2.24, 2.45) is 0 Å². The third-order valence-electron chi connectivity index (χ3n) is 6.17. The topological polar surface area (TPSA) is 123 Å². The predicted molar refractivity (Wildman–Crippen MR) is 135 cm³/mol. The minimum atomic E-state index is -0.297. The number of amides is 1. The number of aliphatic hydroxyl groups is 1. The molecule has 4 N–H and O–H groups in total. The van der Waals surface area contributed by atoms with E-state index in [1.807, 2.05) is 62.5 Å². The minimum absolute atomic E-state index is 0.0589. The molecule has 11 heteroatoms. The van der Waals surface area contributed by atoms with Gasteiger partial charge in [-0.15, -0.1) is 5.10 Å². The van der Waals surface area contributed by atoms with Gasteiger partial charge in [0.1, 0.15) is 5.52 Å². The van der Waals surface area contributed by atoms with Gasteiger partial charge in [0.2, 0.25) is 11.1 Å². The van der Waals surface area contributed by atoms with E-state index in [9.17, 15) is 9.90 Å². The van der Waals surface area contributed by atoms with Crippen LogP contribution in [0.5, 0.6) is 0 Å². The van der Waals surface area contributed by atoms with Crippen LogP contribution in [0.4, 0.5) is 17.3 Å². The third kappa shape index (κ3) is 5.16. The number of carbonyl (C=O) groups is 1. The van der Waals surface area contributed by atoms with Gasteiger partial charge >= 0.3 is 0 Å². The van der Waals surface area contributed by atoms with Gasteiger partial charge in [-0.3, -0.25) is 14.8 Å². The summed E-state index contributed by atoms with van der Waals surface area (Å²) in [5, 5.41) is 28.1. The molecular formula is C24H28N8O2S. The number of aryl methyl sites for hydroxylation is 1. The number of aromatic amines is 1. The van der Waals surface area contributed by atoms with E-state index in [-0.39, 0.29) is 24.6 Å². The maximum Gasteiger partial charge on any atom is 0.241 e. The molecule has 5 rings (SSSR count). The monoisotopic (exact) mass is 492 g/mol. The molecule has 0 saturated carbocycles. The van der Waals surface area contributed by atoms with E-state index in [1.54, 1.807) is 4.52 Å². The largest absolute Gasteiger partial charge is 0.395 e. The number of nitrogens with one attached hydrogen (secondary N) is 3. The van der Waals surface area contributed by atoms with Gasteiger partial charge < -0.3 is 15.7 Å². The molecule has 1 saturated heterocycles. The Morgan fingerprint density at radius 2 is 2.14 bits per heavy atom. The van der Waals surface area contributed by atoms with E-state index in [1.165, 1.54) is 11.8 Å². The standard InChI is InChI=1S/C24H28N8O2S/c1-15-13-21(29-28-15)26-22-20-6-4-12-32(20)30-24(27-22)35-19-9-7-17(8-10-19)25-23(34)16(2)31-11-3-5-18(31)14-33/h4,6-10,12-13,16,18,33H,3,5,11,14H2,1-2H3,(H,25,34)(H2,26,27,28,29,30)/t16-,18+/m0/s1. The van der Waals surface area contributed by atoms with Gasteiger partial charge in [0.15, 0.2) is 11.6 Å². The molecule has 1 fully saturated rings. The Morgan fingerprint density at radius 1 is 1.31 bits per heavy atom. The number of aromatic nitrogens is 5. The number of hydrogen-bond donors (Lipinski definition) is 4. The zero-order valence-corrected chi connectivity index (χ0v) is 20.4. The van der Waals surface area contributed by atoms with Gasteiger partial charge in [0.25, 0.3) is 0 Å². The van der Waals surface area contributed by atoms with Crippen LogP contribution in [-0.4, -0.2) is 65.9 Å².